The van der Waals surface area contributed by atoms with Crippen molar-refractivity contribution in [2.45, 2.75) is 6.17 Å². The normalized spacial score (nSPS) is 14.6. The molecule has 3 heterocycles. The topological polar surface area (TPSA) is 49.6 Å². The van der Waals surface area contributed by atoms with E-state index >= 15 is 0 Å². The molecule has 2 aromatic heterocycles. The van der Waals surface area contributed by atoms with Crippen LogP contribution in [-0.4, -0.2) is 16.7 Å². The summed E-state index contributed by atoms with van der Waals surface area (Å²) in [5.74, 6) is 1.54. The first-order valence-corrected chi connectivity index (χ1v) is 18.7. The highest BCUT2D eigenvalue weighted by molar-refractivity contribution is 7.26. The third-order valence-electron chi connectivity index (χ3n) is 10.5. The second kappa shape index (κ2) is 11.9. The minimum absolute atomic E-state index is 0.317. The van der Waals surface area contributed by atoms with E-state index in [1.165, 1.54) is 47.1 Å². The lowest BCUT2D eigenvalue weighted by molar-refractivity contribution is 0.675. The molecule has 4 nitrogen and oxygen atoms in total. The lowest BCUT2D eigenvalue weighted by atomic mass is 9.96. The zero-order chi connectivity index (χ0) is 34.9. The van der Waals surface area contributed by atoms with Crippen molar-refractivity contribution in [3.05, 3.63) is 187 Å². The number of para-hydroxylation sites is 1. The number of fused-ring (bicyclic) bond motifs is 9. The third-order valence-corrected chi connectivity index (χ3v) is 11.7. The number of hydrogen-bond donors (Lipinski definition) is 1. The van der Waals surface area contributed by atoms with Crippen molar-refractivity contribution in [2.24, 2.45) is 9.98 Å². The van der Waals surface area contributed by atoms with Gasteiger partial charge < -0.3 is 5.32 Å². The number of hydrogen-bond acceptors (Lipinski definition) is 5. The molecule has 8 aromatic carbocycles. The first-order chi connectivity index (χ1) is 26.2. The van der Waals surface area contributed by atoms with Crippen LogP contribution in [0.2, 0.25) is 0 Å². The summed E-state index contributed by atoms with van der Waals surface area (Å²) in [6.45, 7) is 0. The van der Waals surface area contributed by atoms with Gasteiger partial charge in [-0.3, -0.25) is 0 Å². The van der Waals surface area contributed by atoms with Gasteiger partial charge in [0.1, 0.15) is 12.0 Å². The maximum absolute atomic E-state index is 5.31. The molecule has 0 saturated carbocycles. The van der Waals surface area contributed by atoms with E-state index in [-0.39, 0.29) is 6.17 Å². The summed E-state index contributed by atoms with van der Waals surface area (Å²) in [7, 11) is 0. The quantitative estimate of drug-likeness (QED) is 0.186. The number of pyridine rings is 1. The van der Waals surface area contributed by atoms with Crippen LogP contribution in [0.5, 0.6) is 0 Å². The van der Waals surface area contributed by atoms with Crippen molar-refractivity contribution in [3.8, 4) is 11.3 Å². The Balaban J connectivity index is 1.14. The molecule has 1 N–H and O–H groups in total. The fraction of sp³-hybridized carbons (Fsp3) is 0.0208. The van der Waals surface area contributed by atoms with Crippen LogP contribution < -0.4 is 5.32 Å². The molecule has 1 unspecified atom stereocenters. The number of aromatic nitrogens is 1. The van der Waals surface area contributed by atoms with Crippen molar-refractivity contribution in [3.63, 3.8) is 0 Å². The molecule has 53 heavy (non-hydrogen) atoms. The van der Waals surface area contributed by atoms with E-state index in [2.05, 4.69) is 175 Å². The monoisotopic (exact) mass is 694 g/mol. The largest absolute Gasteiger partial charge is 0.344 e. The third kappa shape index (κ3) is 4.93. The Kier molecular flexibility index (Phi) is 6.76. The van der Waals surface area contributed by atoms with Gasteiger partial charge in [-0.2, -0.15) is 0 Å². The number of nitrogens with zero attached hydrogens (tertiary/aromatic N) is 3. The molecule has 0 amide bonds. The average Bonchev–Trinajstić information content (AvgIpc) is 3.62. The SMILES string of the molecule is c1ccc(-c2nc3ccccc3c3c2ccc2sc4c(C5=NC(c6ccc7ccccc7c6)=NC(c6ccc7ccccc7c6)N5)cccc4c23)cc1. The molecule has 1 aliphatic rings. The maximum atomic E-state index is 5.31. The van der Waals surface area contributed by atoms with Gasteiger partial charge in [-0.05, 0) is 57.4 Å². The molecule has 11 rings (SSSR count). The van der Waals surface area contributed by atoms with Crippen LogP contribution in [0, 0.1) is 0 Å². The van der Waals surface area contributed by atoms with E-state index in [0.717, 1.165) is 55.9 Å². The van der Waals surface area contributed by atoms with E-state index in [1.807, 2.05) is 11.3 Å². The Bertz CT molecular complexity index is 3160. The second-order valence-corrected chi connectivity index (χ2v) is 14.7. The van der Waals surface area contributed by atoms with Gasteiger partial charge in [-0.1, -0.05) is 140 Å². The van der Waals surface area contributed by atoms with Crippen LogP contribution >= 0.6 is 11.3 Å². The summed E-state index contributed by atoms with van der Waals surface area (Å²) in [4.78, 5) is 15.8. The highest BCUT2D eigenvalue weighted by Gasteiger charge is 2.24. The molecule has 10 aromatic rings. The number of nitrogens with one attached hydrogen (secondary N) is 1. The first-order valence-electron chi connectivity index (χ1n) is 17.9. The zero-order valence-corrected chi connectivity index (χ0v) is 29.3. The number of amidine groups is 2. The van der Waals surface area contributed by atoms with Crippen molar-refractivity contribution in [1.29, 1.82) is 0 Å². The van der Waals surface area contributed by atoms with Crippen LogP contribution in [0.4, 0.5) is 0 Å². The summed E-state index contributed by atoms with van der Waals surface area (Å²) in [5.41, 5.74) is 6.27. The molecule has 1 aliphatic heterocycles. The lowest BCUT2D eigenvalue weighted by Crippen LogP contribution is -2.33. The smallest absolute Gasteiger partial charge is 0.159 e. The van der Waals surface area contributed by atoms with Gasteiger partial charge in [-0.15, -0.1) is 11.3 Å². The molecular weight excluding hydrogens is 665 g/mol. The minimum Gasteiger partial charge on any atom is -0.344 e. The van der Waals surface area contributed by atoms with Crippen molar-refractivity contribution in [1.82, 2.24) is 10.3 Å². The highest BCUT2D eigenvalue weighted by atomic mass is 32.1. The van der Waals surface area contributed by atoms with Crippen LogP contribution in [0.3, 0.4) is 0 Å². The molecular formula is C48H30N4S. The molecule has 0 saturated heterocycles. The Hall–Kier alpha value is -6.69. The standard InChI is InChI=1S/C48H30N4S/c1-2-13-31(14-3-1)44-37-25-26-41-43(42(37)36-17-8-9-20-40(36)49-44)38-18-10-19-39(45(38)53-41)48-51-46(34-23-21-29-11-4-6-15-32(29)27-34)50-47(52-48)35-24-22-30-12-5-7-16-33(30)28-35/h1-28,46H,(H,50,51,52). The Morgan fingerprint density at radius 2 is 1.23 bits per heavy atom. The second-order valence-electron chi connectivity index (χ2n) is 13.6. The van der Waals surface area contributed by atoms with Gasteiger partial charge in [0.25, 0.3) is 0 Å². The summed E-state index contributed by atoms with van der Waals surface area (Å²) in [5, 5.41) is 14.6. The summed E-state index contributed by atoms with van der Waals surface area (Å²) in [6, 6.07) is 60.2. The lowest BCUT2D eigenvalue weighted by Gasteiger charge is -2.24. The first kappa shape index (κ1) is 30.0. The van der Waals surface area contributed by atoms with E-state index in [0.29, 0.717) is 0 Å². The highest BCUT2D eigenvalue weighted by Crippen LogP contribution is 2.44. The van der Waals surface area contributed by atoms with E-state index < -0.39 is 0 Å². The van der Waals surface area contributed by atoms with Crippen molar-refractivity contribution in [2.75, 3.05) is 0 Å². The molecule has 1 atom stereocenters. The predicted molar refractivity (Wildman–Crippen MR) is 224 cm³/mol. The minimum atomic E-state index is -0.317. The van der Waals surface area contributed by atoms with Gasteiger partial charge in [0.2, 0.25) is 0 Å². The number of aliphatic imine (C=N–C) groups is 2. The predicted octanol–water partition coefficient (Wildman–Crippen LogP) is 12.2. The fourth-order valence-electron chi connectivity index (χ4n) is 7.92. The number of rotatable bonds is 4. The number of benzene rings is 8. The molecule has 0 aliphatic carbocycles. The average molecular weight is 695 g/mol. The molecule has 248 valence electrons. The van der Waals surface area contributed by atoms with Gasteiger partial charge in [0.05, 0.1) is 11.2 Å². The Morgan fingerprint density at radius 1 is 0.509 bits per heavy atom. The molecule has 0 spiro atoms. The molecule has 0 bridgehead atoms. The van der Waals surface area contributed by atoms with E-state index in [4.69, 9.17) is 15.0 Å². The Labute approximate surface area is 309 Å². The molecule has 0 radical (unpaired) electrons. The van der Waals surface area contributed by atoms with Crippen molar-refractivity contribution >= 4 is 86.4 Å². The maximum Gasteiger partial charge on any atom is 0.159 e. The summed E-state index contributed by atoms with van der Waals surface area (Å²) >= 11 is 1.82. The van der Waals surface area contributed by atoms with Crippen LogP contribution in [0.25, 0.3) is 74.6 Å². The van der Waals surface area contributed by atoms with Crippen LogP contribution in [-0.2, 0) is 0 Å². The van der Waals surface area contributed by atoms with E-state index in [1.54, 1.807) is 0 Å². The van der Waals surface area contributed by atoms with Gasteiger partial charge in [0.15, 0.2) is 5.84 Å². The van der Waals surface area contributed by atoms with Crippen LogP contribution in [0.1, 0.15) is 22.9 Å². The van der Waals surface area contributed by atoms with E-state index in [9.17, 15) is 0 Å². The summed E-state index contributed by atoms with van der Waals surface area (Å²) in [6.07, 6.45) is -0.317. The van der Waals surface area contributed by atoms with Gasteiger partial charge >= 0.3 is 0 Å². The zero-order valence-electron chi connectivity index (χ0n) is 28.5. The van der Waals surface area contributed by atoms with Crippen LogP contribution in [0.15, 0.2) is 180 Å². The molecule has 5 heteroatoms. The number of thiophene rings is 1. The fourth-order valence-corrected chi connectivity index (χ4v) is 9.15. The summed E-state index contributed by atoms with van der Waals surface area (Å²) < 4.78 is 2.43. The molecule has 0 fully saturated rings. The van der Waals surface area contributed by atoms with Crippen molar-refractivity contribution < 1.29 is 0 Å². The van der Waals surface area contributed by atoms with Gasteiger partial charge in [-0.25, -0.2) is 15.0 Å². The van der Waals surface area contributed by atoms with Gasteiger partial charge in [0, 0.05) is 53.0 Å². The Morgan fingerprint density at radius 3 is 2.08 bits per heavy atom.